The Labute approximate surface area is 87.3 Å². The lowest BCUT2D eigenvalue weighted by Gasteiger charge is -2.17. The Kier molecular flexibility index (Phi) is 3.90. The van der Waals surface area contributed by atoms with E-state index >= 15 is 0 Å². The molecular weight excluding hydrogens is 205 g/mol. The Morgan fingerprint density at radius 2 is 2.20 bits per heavy atom. The highest BCUT2D eigenvalue weighted by atomic mass is 19.4. The van der Waals surface area contributed by atoms with E-state index in [4.69, 9.17) is 0 Å². The van der Waals surface area contributed by atoms with Gasteiger partial charge in [0.15, 0.2) is 0 Å². The van der Waals surface area contributed by atoms with Crippen LogP contribution in [0.3, 0.4) is 0 Å². The fourth-order valence-corrected chi connectivity index (χ4v) is 1.44. The summed E-state index contributed by atoms with van der Waals surface area (Å²) < 4.78 is 37.1. The zero-order valence-corrected chi connectivity index (χ0v) is 8.80. The lowest BCUT2D eigenvalue weighted by molar-refractivity contribution is -0.0923. The molecule has 0 bridgehead atoms. The number of nitrogens with one attached hydrogen (secondary N) is 1. The van der Waals surface area contributed by atoms with Crippen LogP contribution in [0.4, 0.5) is 13.2 Å². The van der Waals surface area contributed by atoms with Gasteiger partial charge >= 0.3 is 6.18 Å². The Balaban J connectivity index is 2.72. The predicted molar refractivity (Wildman–Crippen MR) is 54.1 cm³/mol. The van der Waals surface area contributed by atoms with Crippen LogP contribution in [-0.4, -0.2) is 32.0 Å². The summed E-state index contributed by atoms with van der Waals surface area (Å²) in [5.41, 5.74) is -0.537. The van der Waals surface area contributed by atoms with Gasteiger partial charge in [0.2, 0.25) is 0 Å². The molecule has 1 unspecified atom stereocenters. The largest absolute Gasteiger partial charge is 0.414 e. The van der Waals surface area contributed by atoms with Gasteiger partial charge in [0.1, 0.15) is 0 Å². The maximum atomic E-state index is 12.4. The van der Waals surface area contributed by atoms with Crippen LogP contribution in [0.1, 0.15) is 13.3 Å². The molecule has 86 valence electrons. The fourth-order valence-electron chi connectivity index (χ4n) is 1.44. The second-order valence-electron chi connectivity index (χ2n) is 3.69. The number of nitrogens with zero attached hydrogens (tertiary/aromatic N) is 1. The molecule has 1 heterocycles. The standard InChI is InChI=1S/C10H15F3N2/c1-7(14-2)8-3-4-9(6-15-5-8)10(11,12)13/h4-5,7-8,14H,3,6H2,1-2H3/t7-,8?/m1/s1. The fraction of sp³-hybridized carbons (Fsp3) is 0.700. The van der Waals surface area contributed by atoms with Crippen LogP contribution in [0.15, 0.2) is 16.6 Å². The molecule has 0 aromatic heterocycles. The topological polar surface area (TPSA) is 24.4 Å². The van der Waals surface area contributed by atoms with E-state index in [0.717, 1.165) is 0 Å². The number of aliphatic imine (C=N–C) groups is 1. The maximum absolute atomic E-state index is 12.4. The number of halogens is 3. The first-order valence-electron chi connectivity index (χ1n) is 4.88. The van der Waals surface area contributed by atoms with Gasteiger partial charge < -0.3 is 5.32 Å². The third kappa shape index (κ3) is 3.34. The van der Waals surface area contributed by atoms with Gasteiger partial charge in [0.05, 0.1) is 12.1 Å². The Morgan fingerprint density at radius 1 is 1.53 bits per heavy atom. The molecule has 0 saturated carbocycles. The Bertz CT molecular complexity index is 268. The van der Waals surface area contributed by atoms with Crippen molar-refractivity contribution >= 4 is 6.21 Å². The van der Waals surface area contributed by atoms with E-state index in [0.29, 0.717) is 6.42 Å². The lowest BCUT2D eigenvalue weighted by atomic mass is 9.98. The lowest BCUT2D eigenvalue weighted by Crippen LogP contribution is -2.30. The number of rotatable bonds is 2. The summed E-state index contributed by atoms with van der Waals surface area (Å²) in [7, 11) is 1.79. The van der Waals surface area contributed by atoms with E-state index in [1.807, 2.05) is 6.92 Å². The number of hydrogen-bond acceptors (Lipinski definition) is 2. The third-order valence-electron chi connectivity index (χ3n) is 2.66. The van der Waals surface area contributed by atoms with Crippen molar-refractivity contribution in [2.24, 2.45) is 10.9 Å². The van der Waals surface area contributed by atoms with Gasteiger partial charge in [-0.05, 0) is 20.4 Å². The molecule has 0 aliphatic carbocycles. The van der Waals surface area contributed by atoms with Gasteiger partial charge in [-0.3, -0.25) is 4.99 Å². The summed E-state index contributed by atoms with van der Waals surface area (Å²) in [5.74, 6) is 0.0369. The summed E-state index contributed by atoms with van der Waals surface area (Å²) in [4.78, 5) is 3.82. The highest BCUT2D eigenvalue weighted by molar-refractivity contribution is 5.63. The van der Waals surface area contributed by atoms with Crippen molar-refractivity contribution in [3.05, 3.63) is 11.6 Å². The molecule has 0 saturated heterocycles. The molecule has 0 amide bonds. The predicted octanol–water partition coefficient (Wildman–Crippen LogP) is 2.17. The zero-order chi connectivity index (χ0) is 11.5. The molecular formula is C10H15F3N2. The van der Waals surface area contributed by atoms with Crippen LogP contribution < -0.4 is 5.32 Å². The molecule has 0 fully saturated rings. The molecule has 1 rings (SSSR count). The van der Waals surface area contributed by atoms with E-state index in [2.05, 4.69) is 10.3 Å². The molecule has 5 heteroatoms. The third-order valence-corrected chi connectivity index (χ3v) is 2.66. The summed E-state index contributed by atoms with van der Waals surface area (Å²) >= 11 is 0. The second kappa shape index (κ2) is 4.79. The molecule has 0 spiro atoms. The van der Waals surface area contributed by atoms with E-state index in [9.17, 15) is 13.2 Å². The minimum atomic E-state index is -4.24. The van der Waals surface area contributed by atoms with Gasteiger partial charge in [-0.2, -0.15) is 13.2 Å². The molecule has 2 nitrogen and oxygen atoms in total. The van der Waals surface area contributed by atoms with Gasteiger partial charge in [-0.25, -0.2) is 0 Å². The van der Waals surface area contributed by atoms with Crippen LogP contribution in [0.2, 0.25) is 0 Å². The summed E-state index contributed by atoms with van der Waals surface area (Å²) in [6.45, 7) is 1.68. The molecule has 0 radical (unpaired) electrons. The Morgan fingerprint density at radius 3 is 2.73 bits per heavy atom. The van der Waals surface area contributed by atoms with Crippen LogP contribution in [-0.2, 0) is 0 Å². The minimum Gasteiger partial charge on any atom is -0.317 e. The molecule has 15 heavy (non-hydrogen) atoms. The SMILES string of the molecule is CN[C@H](C)C1C=NCC(C(F)(F)F)=CC1. The van der Waals surface area contributed by atoms with Crippen molar-refractivity contribution in [1.82, 2.24) is 5.32 Å². The van der Waals surface area contributed by atoms with Crippen molar-refractivity contribution < 1.29 is 13.2 Å². The van der Waals surface area contributed by atoms with Gasteiger partial charge in [-0.15, -0.1) is 0 Å². The second-order valence-corrected chi connectivity index (χ2v) is 3.69. The van der Waals surface area contributed by atoms with Crippen molar-refractivity contribution in [2.45, 2.75) is 25.6 Å². The summed E-state index contributed by atoms with van der Waals surface area (Å²) in [5, 5.41) is 3.01. The first kappa shape index (κ1) is 12.2. The van der Waals surface area contributed by atoms with Gasteiger partial charge in [0.25, 0.3) is 0 Å². The van der Waals surface area contributed by atoms with E-state index in [1.54, 1.807) is 13.3 Å². The average Bonchev–Trinajstić information content (AvgIpc) is 2.40. The minimum absolute atomic E-state index is 0.0369. The van der Waals surface area contributed by atoms with E-state index in [-0.39, 0.29) is 18.5 Å². The molecule has 1 aliphatic heterocycles. The van der Waals surface area contributed by atoms with Crippen molar-refractivity contribution in [1.29, 1.82) is 0 Å². The molecule has 1 N–H and O–H groups in total. The highest BCUT2D eigenvalue weighted by Crippen LogP contribution is 2.28. The van der Waals surface area contributed by atoms with Crippen LogP contribution in [0.5, 0.6) is 0 Å². The first-order valence-corrected chi connectivity index (χ1v) is 4.88. The van der Waals surface area contributed by atoms with E-state index in [1.165, 1.54) is 6.08 Å². The van der Waals surface area contributed by atoms with Crippen molar-refractivity contribution in [3.63, 3.8) is 0 Å². The van der Waals surface area contributed by atoms with Crippen molar-refractivity contribution in [2.75, 3.05) is 13.6 Å². The summed E-state index contributed by atoms with van der Waals surface area (Å²) in [6.07, 6.45) is -0.975. The molecule has 1 aliphatic rings. The van der Waals surface area contributed by atoms with Crippen molar-refractivity contribution in [3.8, 4) is 0 Å². The van der Waals surface area contributed by atoms with Gasteiger partial charge in [0, 0.05) is 18.2 Å². The number of hydrogen-bond donors (Lipinski definition) is 1. The average molecular weight is 220 g/mol. The number of alkyl halides is 3. The smallest absolute Gasteiger partial charge is 0.317 e. The number of allylic oxidation sites excluding steroid dienone is 1. The zero-order valence-electron chi connectivity index (χ0n) is 8.80. The normalized spacial score (nSPS) is 24.6. The first-order chi connectivity index (χ1) is 6.95. The summed E-state index contributed by atoms with van der Waals surface area (Å²) in [6, 6.07) is 0.137. The maximum Gasteiger partial charge on any atom is 0.414 e. The van der Waals surface area contributed by atoms with Crippen LogP contribution >= 0.6 is 0 Å². The van der Waals surface area contributed by atoms with Gasteiger partial charge in [-0.1, -0.05) is 6.08 Å². The monoisotopic (exact) mass is 220 g/mol. The van der Waals surface area contributed by atoms with Crippen LogP contribution in [0.25, 0.3) is 0 Å². The molecule has 0 aromatic carbocycles. The molecule has 0 aromatic rings. The molecule has 2 atom stereocenters. The van der Waals surface area contributed by atoms with Crippen LogP contribution in [0, 0.1) is 5.92 Å². The quantitative estimate of drug-likeness (QED) is 0.709. The Hall–Kier alpha value is -0.840. The highest BCUT2D eigenvalue weighted by Gasteiger charge is 2.33. The van der Waals surface area contributed by atoms with E-state index < -0.39 is 11.7 Å².